The maximum atomic E-state index is 13.5. The van der Waals surface area contributed by atoms with E-state index in [-0.39, 0.29) is 5.54 Å². The quantitative estimate of drug-likeness (QED) is 0.603. The second-order valence-corrected chi connectivity index (χ2v) is 13.9. The van der Waals surface area contributed by atoms with Crippen LogP contribution >= 0.6 is 0 Å². The van der Waals surface area contributed by atoms with Crippen molar-refractivity contribution in [3.05, 3.63) is 41.1 Å². The summed E-state index contributed by atoms with van der Waals surface area (Å²) in [5.74, 6) is 0.385. The van der Waals surface area contributed by atoms with E-state index in [1.807, 2.05) is 0 Å². The van der Waals surface area contributed by atoms with Crippen LogP contribution in [-0.4, -0.2) is 18.4 Å². The molecule has 1 aromatic carbocycles. The topological polar surface area (TPSA) is 22.0 Å². The minimum atomic E-state index is -1.63. The molecule has 2 aliphatic carbocycles. The van der Waals surface area contributed by atoms with Crippen molar-refractivity contribution in [2.24, 2.45) is 7.05 Å². The number of ketones is 1. The first-order valence-electron chi connectivity index (χ1n) is 9.25. The fourth-order valence-corrected chi connectivity index (χ4v) is 6.96. The van der Waals surface area contributed by atoms with Gasteiger partial charge in [-0.2, -0.15) is 0 Å². The summed E-state index contributed by atoms with van der Waals surface area (Å²) in [6, 6.07) is 8.54. The molecule has 3 heteroatoms. The molecule has 0 spiro atoms. The monoisotopic (exact) mass is 337 g/mol. The lowest BCUT2D eigenvalue weighted by Crippen LogP contribution is -2.32. The van der Waals surface area contributed by atoms with Crippen molar-refractivity contribution in [3.8, 4) is 0 Å². The zero-order valence-corrected chi connectivity index (χ0v) is 16.3. The highest BCUT2D eigenvalue weighted by Gasteiger charge is 2.47. The highest BCUT2D eigenvalue weighted by atomic mass is 28.3. The van der Waals surface area contributed by atoms with Gasteiger partial charge >= 0.3 is 0 Å². The molecule has 2 nitrogen and oxygen atoms in total. The molecule has 1 atom stereocenters. The number of rotatable bonds is 1. The summed E-state index contributed by atoms with van der Waals surface area (Å²) in [7, 11) is 0.437. The number of carbonyl (C=O) groups excluding carboxylic acids is 1. The van der Waals surface area contributed by atoms with E-state index in [4.69, 9.17) is 0 Å². The van der Waals surface area contributed by atoms with Crippen LogP contribution in [0.1, 0.15) is 48.2 Å². The first kappa shape index (κ1) is 15.9. The zero-order chi connectivity index (χ0) is 17.1. The van der Waals surface area contributed by atoms with E-state index in [1.165, 1.54) is 54.1 Å². The fourth-order valence-electron chi connectivity index (χ4n) is 4.82. The summed E-state index contributed by atoms with van der Waals surface area (Å²) in [5.41, 5.74) is 6.60. The van der Waals surface area contributed by atoms with E-state index in [2.05, 4.69) is 55.5 Å². The molecule has 0 N–H and O–H groups in total. The van der Waals surface area contributed by atoms with Crippen LogP contribution in [-0.2, 0) is 7.05 Å². The van der Waals surface area contributed by atoms with Gasteiger partial charge in [0.1, 0.15) is 0 Å². The van der Waals surface area contributed by atoms with Gasteiger partial charge in [-0.15, -0.1) is 0 Å². The highest BCUT2D eigenvalue weighted by Crippen LogP contribution is 2.53. The molecule has 1 aromatic heterocycles. The number of hydrogen-bond acceptors (Lipinski definition) is 1. The predicted molar refractivity (Wildman–Crippen MR) is 104 cm³/mol. The van der Waals surface area contributed by atoms with Crippen LogP contribution in [0.5, 0.6) is 0 Å². The van der Waals surface area contributed by atoms with Crippen molar-refractivity contribution in [1.29, 1.82) is 0 Å². The predicted octanol–water partition coefficient (Wildman–Crippen LogP) is 5.80. The molecule has 0 amide bonds. The Balaban J connectivity index is 2.06. The van der Waals surface area contributed by atoms with Gasteiger partial charge in [0, 0.05) is 29.1 Å². The Hall–Kier alpha value is -1.61. The maximum Gasteiger partial charge on any atom is 0.184 e. The molecule has 0 aliphatic heterocycles. The van der Waals surface area contributed by atoms with E-state index in [0.29, 0.717) is 5.78 Å². The van der Waals surface area contributed by atoms with Gasteiger partial charge in [0.25, 0.3) is 0 Å². The van der Waals surface area contributed by atoms with E-state index in [1.54, 1.807) is 5.57 Å². The van der Waals surface area contributed by atoms with Crippen LogP contribution in [0.25, 0.3) is 16.5 Å². The molecule has 2 aromatic rings. The number of fused-ring (bicyclic) bond motifs is 3. The van der Waals surface area contributed by atoms with Gasteiger partial charge in [0.15, 0.2) is 5.78 Å². The lowest BCUT2D eigenvalue weighted by molar-refractivity contribution is 0.0995. The Morgan fingerprint density at radius 1 is 1.04 bits per heavy atom. The molecule has 0 bridgehead atoms. The lowest BCUT2D eigenvalue weighted by atomic mass is 9.88. The number of aryl methyl sites for hydroxylation is 1. The van der Waals surface area contributed by atoms with Gasteiger partial charge in [0.05, 0.1) is 13.8 Å². The fraction of sp³-hybridized carbons (Fsp3) is 0.476. The number of hydrogen-bond donors (Lipinski definition) is 0. The summed E-state index contributed by atoms with van der Waals surface area (Å²) in [5, 5.41) is 1.28. The van der Waals surface area contributed by atoms with Crippen LogP contribution in [0, 0.1) is 0 Å². The molecule has 0 saturated heterocycles. The van der Waals surface area contributed by atoms with Crippen LogP contribution < -0.4 is 0 Å². The van der Waals surface area contributed by atoms with Crippen LogP contribution in [0.4, 0.5) is 0 Å². The molecule has 1 unspecified atom stereocenters. The molecule has 1 saturated carbocycles. The molecule has 126 valence electrons. The van der Waals surface area contributed by atoms with E-state index in [9.17, 15) is 4.79 Å². The average molecular weight is 338 g/mol. The van der Waals surface area contributed by atoms with Gasteiger partial charge in [-0.1, -0.05) is 49.8 Å². The van der Waals surface area contributed by atoms with Crippen LogP contribution in [0.3, 0.4) is 0 Å². The van der Waals surface area contributed by atoms with E-state index in [0.717, 1.165) is 5.69 Å². The number of carbonyl (C=O) groups is 1. The summed E-state index contributed by atoms with van der Waals surface area (Å²) < 4.78 is 2.15. The Morgan fingerprint density at radius 3 is 2.38 bits per heavy atom. The number of para-hydroxylation sites is 1. The van der Waals surface area contributed by atoms with Crippen molar-refractivity contribution in [2.75, 3.05) is 0 Å². The minimum Gasteiger partial charge on any atom is -0.341 e. The van der Waals surface area contributed by atoms with Gasteiger partial charge in [0.2, 0.25) is 0 Å². The van der Waals surface area contributed by atoms with Gasteiger partial charge in [-0.25, -0.2) is 0 Å². The normalized spacial score (nSPS) is 21.7. The van der Waals surface area contributed by atoms with E-state index >= 15 is 0 Å². The summed E-state index contributed by atoms with van der Waals surface area (Å²) in [6.07, 6.45) is 6.28. The molecule has 4 rings (SSSR count). The number of nitrogens with zero attached hydrogens (tertiary/aromatic N) is 1. The van der Waals surface area contributed by atoms with Crippen molar-refractivity contribution in [3.63, 3.8) is 0 Å². The minimum absolute atomic E-state index is 0.145. The summed E-state index contributed by atoms with van der Waals surface area (Å²) >= 11 is 0. The maximum absolute atomic E-state index is 13.5. The smallest absolute Gasteiger partial charge is 0.184 e. The van der Waals surface area contributed by atoms with Crippen molar-refractivity contribution in [1.82, 2.24) is 4.57 Å². The SMILES string of the molecule is Cn1c2c(c3ccccc31)C(=C1CCCCC1)C([Si](C)(C)C)C2=O. The Morgan fingerprint density at radius 2 is 1.71 bits per heavy atom. The van der Waals surface area contributed by atoms with Crippen molar-refractivity contribution in [2.45, 2.75) is 57.3 Å². The largest absolute Gasteiger partial charge is 0.341 e. The molecular weight excluding hydrogens is 310 g/mol. The van der Waals surface area contributed by atoms with E-state index < -0.39 is 8.07 Å². The summed E-state index contributed by atoms with van der Waals surface area (Å²) in [6.45, 7) is 7.06. The molecule has 24 heavy (non-hydrogen) atoms. The van der Waals surface area contributed by atoms with Crippen LogP contribution in [0.2, 0.25) is 25.2 Å². The Kier molecular flexibility index (Phi) is 3.61. The lowest BCUT2D eigenvalue weighted by Gasteiger charge is -2.29. The third kappa shape index (κ3) is 2.17. The third-order valence-electron chi connectivity index (χ3n) is 5.86. The second kappa shape index (κ2) is 5.45. The standard InChI is InChI=1S/C21H27NOSi/c1-22-16-13-9-8-12-15(16)18-17(14-10-6-5-7-11-14)21(24(2,3)4)20(23)19(18)22/h8-9,12-13,21H,5-7,10-11H2,1-4H3. The second-order valence-electron chi connectivity index (χ2n) is 8.54. The Labute approximate surface area is 145 Å². The first-order valence-corrected chi connectivity index (χ1v) is 12.8. The van der Waals surface area contributed by atoms with Crippen LogP contribution in [0.15, 0.2) is 29.8 Å². The highest BCUT2D eigenvalue weighted by molar-refractivity contribution is 6.83. The summed E-state index contributed by atoms with van der Waals surface area (Å²) in [4.78, 5) is 13.5. The Bertz CT molecular complexity index is 858. The van der Waals surface area contributed by atoms with Gasteiger partial charge in [-0.3, -0.25) is 4.79 Å². The number of benzene rings is 1. The third-order valence-corrected chi connectivity index (χ3v) is 8.15. The molecule has 2 aliphatic rings. The number of aromatic nitrogens is 1. The van der Waals surface area contributed by atoms with Crippen molar-refractivity contribution < 1.29 is 4.79 Å². The molecule has 1 heterocycles. The molecule has 0 radical (unpaired) electrons. The molecule has 1 fully saturated rings. The average Bonchev–Trinajstić information content (AvgIpc) is 3.03. The number of allylic oxidation sites excluding steroid dienone is 2. The first-order chi connectivity index (χ1) is 11.4. The zero-order valence-electron chi connectivity index (χ0n) is 15.3. The number of Topliss-reactive ketones (excluding diaryl/α,β-unsaturated/α-hetero) is 1. The molecular formula is C21H27NOSi. The van der Waals surface area contributed by atoms with Gasteiger partial charge in [-0.05, 0) is 37.3 Å². The van der Waals surface area contributed by atoms with Gasteiger partial charge < -0.3 is 4.57 Å². The van der Waals surface area contributed by atoms with Crippen molar-refractivity contribution >= 4 is 30.3 Å².